The van der Waals surface area contributed by atoms with Crippen molar-refractivity contribution in [2.75, 3.05) is 6.54 Å². The molecule has 21 heavy (non-hydrogen) atoms. The lowest BCUT2D eigenvalue weighted by Crippen LogP contribution is -2.23. The van der Waals surface area contributed by atoms with Gasteiger partial charge in [0.05, 0.1) is 0 Å². The highest BCUT2D eigenvalue weighted by molar-refractivity contribution is 5.21. The Kier molecular flexibility index (Phi) is 5.39. The number of rotatable bonds is 6. The van der Waals surface area contributed by atoms with Crippen molar-refractivity contribution in [3.63, 3.8) is 0 Å². The third kappa shape index (κ3) is 4.60. The lowest BCUT2D eigenvalue weighted by molar-refractivity contribution is 0.519. The van der Waals surface area contributed by atoms with E-state index in [9.17, 15) is 13.2 Å². The van der Waals surface area contributed by atoms with Crippen molar-refractivity contribution in [3.8, 4) is 0 Å². The molecule has 0 aromatic heterocycles. The maximum absolute atomic E-state index is 13.1. The van der Waals surface area contributed by atoms with Gasteiger partial charge >= 0.3 is 0 Å². The van der Waals surface area contributed by atoms with Crippen LogP contribution in [0.15, 0.2) is 42.5 Å². The molecule has 0 fully saturated rings. The lowest BCUT2D eigenvalue weighted by Gasteiger charge is -2.17. The molecule has 0 aliphatic rings. The predicted molar refractivity (Wildman–Crippen MR) is 77.5 cm³/mol. The standard InChI is InChI=1S/C17H18F3N/c1-2-17(13-3-5-14(18)6-4-13)21-8-7-12-9-15(19)11-16(20)10-12/h3-6,9-11,17,21H,2,7-8H2,1H3. The largest absolute Gasteiger partial charge is 0.310 e. The van der Waals surface area contributed by atoms with E-state index >= 15 is 0 Å². The van der Waals surface area contributed by atoms with E-state index in [1.54, 1.807) is 12.1 Å². The molecule has 0 saturated heterocycles. The van der Waals surface area contributed by atoms with Crippen molar-refractivity contribution in [1.29, 1.82) is 0 Å². The maximum Gasteiger partial charge on any atom is 0.126 e. The molecule has 2 aromatic carbocycles. The summed E-state index contributed by atoms with van der Waals surface area (Å²) in [6.45, 7) is 2.63. The van der Waals surface area contributed by atoms with Crippen LogP contribution in [0.1, 0.15) is 30.5 Å². The topological polar surface area (TPSA) is 12.0 Å². The summed E-state index contributed by atoms with van der Waals surface area (Å²) >= 11 is 0. The third-order valence-electron chi connectivity index (χ3n) is 3.41. The first-order chi connectivity index (χ1) is 10.1. The van der Waals surface area contributed by atoms with Gasteiger partial charge in [-0.05, 0) is 54.8 Å². The zero-order valence-electron chi connectivity index (χ0n) is 11.9. The molecule has 4 heteroatoms. The molecular weight excluding hydrogens is 275 g/mol. The van der Waals surface area contributed by atoms with Crippen LogP contribution in [0.2, 0.25) is 0 Å². The monoisotopic (exact) mass is 293 g/mol. The molecule has 1 nitrogen and oxygen atoms in total. The van der Waals surface area contributed by atoms with E-state index in [0.717, 1.165) is 18.1 Å². The van der Waals surface area contributed by atoms with Gasteiger partial charge in [0.1, 0.15) is 17.5 Å². The highest BCUT2D eigenvalue weighted by Crippen LogP contribution is 2.17. The Morgan fingerprint density at radius 3 is 2.10 bits per heavy atom. The van der Waals surface area contributed by atoms with Crippen LogP contribution in [0.5, 0.6) is 0 Å². The second kappa shape index (κ2) is 7.27. The molecule has 0 aliphatic carbocycles. The summed E-state index contributed by atoms with van der Waals surface area (Å²) in [4.78, 5) is 0. The van der Waals surface area contributed by atoms with Gasteiger partial charge in [0, 0.05) is 12.1 Å². The Labute approximate surface area is 122 Å². The number of nitrogens with one attached hydrogen (secondary N) is 1. The summed E-state index contributed by atoms with van der Waals surface area (Å²) < 4.78 is 39.1. The van der Waals surface area contributed by atoms with Gasteiger partial charge in [0.15, 0.2) is 0 Å². The van der Waals surface area contributed by atoms with E-state index in [4.69, 9.17) is 0 Å². The Morgan fingerprint density at radius 1 is 0.905 bits per heavy atom. The van der Waals surface area contributed by atoms with Crippen molar-refractivity contribution in [3.05, 3.63) is 71.0 Å². The van der Waals surface area contributed by atoms with Crippen LogP contribution in [0, 0.1) is 17.5 Å². The summed E-state index contributed by atoms with van der Waals surface area (Å²) in [5.41, 5.74) is 1.62. The predicted octanol–water partition coefficient (Wildman–Crippen LogP) is 4.39. The van der Waals surface area contributed by atoms with E-state index in [1.165, 1.54) is 24.3 Å². The number of hydrogen-bond donors (Lipinski definition) is 1. The second-order valence-corrected chi connectivity index (χ2v) is 4.99. The molecule has 0 spiro atoms. The van der Waals surface area contributed by atoms with Crippen molar-refractivity contribution in [1.82, 2.24) is 5.32 Å². The first kappa shape index (κ1) is 15.6. The van der Waals surface area contributed by atoms with E-state index in [-0.39, 0.29) is 11.9 Å². The SMILES string of the molecule is CCC(NCCc1cc(F)cc(F)c1)c1ccc(F)cc1. The van der Waals surface area contributed by atoms with Crippen LogP contribution in [0.4, 0.5) is 13.2 Å². The summed E-state index contributed by atoms with van der Waals surface area (Å²) in [7, 11) is 0. The van der Waals surface area contributed by atoms with Gasteiger partial charge in [-0.3, -0.25) is 0 Å². The van der Waals surface area contributed by atoms with Crippen LogP contribution in [-0.2, 0) is 6.42 Å². The van der Waals surface area contributed by atoms with Crippen molar-refractivity contribution < 1.29 is 13.2 Å². The average molecular weight is 293 g/mol. The maximum atomic E-state index is 13.1. The molecule has 0 aliphatic heterocycles. The molecule has 0 saturated carbocycles. The zero-order valence-corrected chi connectivity index (χ0v) is 11.9. The second-order valence-electron chi connectivity index (χ2n) is 4.99. The Bertz CT molecular complexity index is 561. The van der Waals surface area contributed by atoms with Gasteiger partial charge in [-0.2, -0.15) is 0 Å². The first-order valence-corrected chi connectivity index (χ1v) is 7.02. The first-order valence-electron chi connectivity index (χ1n) is 7.02. The fourth-order valence-electron chi connectivity index (χ4n) is 2.34. The lowest BCUT2D eigenvalue weighted by atomic mass is 10.0. The van der Waals surface area contributed by atoms with Gasteiger partial charge < -0.3 is 5.32 Å². The summed E-state index contributed by atoms with van der Waals surface area (Å²) in [5, 5.41) is 3.33. The van der Waals surface area contributed by atoms with Crippen LogP contribution in [0.25, 0.3) is 0 Å². The average Bonchev–Trinajstić information content (AvgIpc) is 2.44. The van der Waals surface area contributed by atoms with Crippen molar-refractivity contribution in [2.24, 2.45) is 0 Å². The minimum absolute atomic E-state index is 0.101. The Hall–Kier alpha value is -1.81. The van der Waals surface area contributed by atoms with E-state index in [1.807, 2.05) is 6.92 Å². The minimum Gasteiger partial charge on any atom is -0.310 e. The van der Waals surface area contributed by atoms with Gasteiger partial charge in [-0.25, -0.2) is 13.2 Å². The minimum atomic E-state index is -0.560. The number of hydrogen-bond acceptors (Lipinski definition) is 1. The van der Waals surface area contributed by atoms with Crippen molar-refractivity contribution in [2.45, 2.75) is 25.8 Å². The zero-order chi connectivity index (χ0) is 15.2. The van der Waals surface area contributed by atoms with E-state index in [0.29, 0.717) is 18.5 Å². The van der Waals surface area contributed by atoms with E-state index < -0.39 is 11.6 Å². The van der Waals surface area contributed by atoms with Crippen molar-refractivity contribution >= 4 is 0 Å². The molecule has 0 bridgehead atoms. The smallest absolute Gasteiger partial charge is 0.126 e. The molecule has 112 valence electrons. The molecule has 0 amide bonds. The van der Waals surface area contributed by atoms with E-state index in [2.05, 4.69) is 5.32 Å². The Morgan fingerprint density at radius 2 is 1.52 bits per heavy atom. The summed E-state index contributed by atoms with van der Waals surface area (Å²) in [5.74, 6) is -1.38. The molecule has 1 unspecified atom stereocenters. The molecule has 0 heterocycles. The van der Waals surface area contributed by atoms with Crippen LogP contribution >= 0.6 is 0 Å². The molecule has 1 atom stereocenters. The quantitative estimate of drug-likeness (QED) is 0.833. The summed E-state index contributed by atoms with van der Waals surface area (Å²) in [6, 6.07) is 10.0. The normalized spacial score (nSPS) is 12.4. The molecular formula is C17H18F3N. The van der Waals surface area contributed by atoms with Gasteiger partial charge in [-0.15, -0.1) is 0 Å². The van der Waals surface area contributed by atoms with Crippen LogP contribution < -0.4 is 5.32 Å². The fourth-order valence-corrected chi connectivity index (χ4v) is 2.34. The fraction of sp³-hybridized carbons (Fsp3) is 0.294. The summed E-state index contributed by atoms with van der Waals surface area (Å²) in [6.07, 6.45) is 1.38. The van der Waals surface area contributed by atoms with Crippen LogP contribution in [0.3, 0.4) is 0 Å². The Balaban J connectivity index is 1.92. The van der Waals surface area contributed by atoms with Crippen LogP contribution in [-0.4, -0.2) is 6.54 Å². The third-order valence-corrected chi connectivity index (χ3v) is 3.41. The molecule has 2 rings (SSSR count). The number of halogens is 3. The number of benzene rings is 2. The highest BCUT2D eigenvalue weighted by atomic mass is 19.1. The van der Waals surface area contributed by atoms with Gasteiger partial charge in [0.25, 0.3) is 0 Å². The highest BCUT2D eigenvalue weighted by Gasteiger charge is 2.09. The molecule has 0 radical (unpaired) electrons. The molecule has 1 N–H and O–H groups in total. The van der Waals surface area contributed by atoms with Gasteiger partial charge in [-0.1, -0.05) is 19.1 Å². The molecule has 2 aromatic rings. The van der Waals surface area contributed by atoms with Gasteiger partial charge in [0.2, 0.25) is 0 Å².